The molecule has 1 saturated heterocycles. The molecule has 3 nitrogen and oxygen atoms in total. The van der Waals surface area contributed by atoms with E-state index < -0.39 is 0 Å². The lowest BCUT2D eigenvalue weighted by Crippen LogP contribution is -2.29. The summed E-state index contributed by atoms with van der Waals surface area (Å²) in [6.45, 7) is 4.71. The molecule has 2 aromatic rings. The molecule has 3 rings (SSSR count). The largest absolute Gasteiger partial charge is 0.306 e. The molecule has 0 aliphatic carbocycles. The topological polar surface area (TPSA) is 20.5 Å². The zero-order valence-corrected chi connectivity index (χ0v) is 12.2. The zero-order chi connectivity index (χ0) is 12.5. The number of imidazole rings is 1. The van der Waals surface area contributed by atoms with Gasteiger partial charge in [-0.15, -0.1) is 0 Å². The Morgan fingerprint density at radius 2 is 2.28 bits per heavy atom. The highest BCUT2D eigenvalue weighted by atomic mass is 79.9. The molecule has 4 heteroatoms. The average Bonchev–Trinajstić information content (AvgIpc) is 2.92. The molecule has 1 unspecified atom stereocenters. The van der Waals surface area contributed by atoms with E-state index in [1.54, 1.807) is 0 Å². The fraction of sp³-hybridized carbons (Fsp3) is 0.500. The molecule has 1 fully saturated rings. The number of likely N-dealkylation sites (tertiary alicyclic amines) is 1. The Morgan fingerprint density at radius 1 is 1.39 bits per heavy atom. The predicted molar refractivity (Wildman–Crippen MR) is 76.9 cm³/mol. The number of aromatic nitrogens is 2. The highest BCUT2D eigenvalue weighted by Gasteiger charge is 2.19. The first-order valence-electron chi connectivity index (χ1n) is 6.59. The molecule has 0 aromatic carbocycles. The van der Waals surface area contributed by atoms with Crippen molar-refractivity contribution in [3.63, 3.8) is 0 Å². The molecule has 0 spiro atoms. The molecular weight excluding hydrogens is 290 g/mol. The molecule has 96 valence electrons. The van der Waals surface area contributed by atoms with E-state index in [1.807, 2.05) is 12.1 Å². The van der Waals surface area contributed by atoms with Crippen LogP contribution in [0, 0.1) is 0 Å². The van der Waals surface area contributed by atoms with Crippen LogP contribution in [0.15, 0.2) is 29.0 Å². The Balaban J connectivity index is 1.71. The maximum absolute atomic E-state index is 4.66. The summed E-state index contributed by atoms with van der Waals surface area (Å²) in [7, 11) is 0. The minimum atomic E-state index is 0.746. The first kappa shape index (κ1) is 12.2. The van der Waals surface area contributed by atoms with Gasteiger partial charge in [0.05, 0.1) is 5.69 Å². The van der Waals surface area contributed by atoms with Gasteiger partial charge in [0.25, 0.3) is 0 Å². The summed E-state index contributed by atoms with van der Waals surface area (Å²) >= 11 is 3.49. The van der Waals surface area contributed by atoms with Gasteiger partial charge in [0.2, 0.25) is 0 Å². The lowest BCUT2D eigenvalue weighted by atomic mass is 10.2. The third kappa shape index (κ3) is 2.45. The van der Waals surface area contributed by atoms with Gasteiger partial charge in [-0.05, 0) is 54.4 Å². The van der Waals surface area contributed by atoms with Gasteiger partial charge in [-0.25, -0.2) is 4.98 Å². The minimum Gasteiger partial charge on any atom is -0.306 e. The lowest BCUT2D eigenvalue weighted by molar-refractivity contribution is 0.271. The van der Waals surface area contributed by atoms with Crippen LogP contribution >= 0.6 is 15.9 Å². The molecule has 1 aliphatic heterocycles. The lowest BCUT2D eigenvalue weighted by Gasteiger charge is -2.19. The molecule has 3 heterocycles. The normalized spacial score (nSPS) is 20.9. The van der Waals surface area contributed by atoms with Gasteiger partial charge in [0.1, 0.15) is 5.65 Å². The van der Waals surface area contributed by atoms with E-state index in [9.17, 15) is 0 Å². The molecule has 0 amide bonds. The quantitative estimate of drug-likeness (QED) is 0.868. The van der Waals surface area contributed by atoms with E-state index in [0.29, 0.717) is 0 Å². The number of halogens is 1. The van der Waals surface area contributed by atoms with Gasteiger partial charge in [-0.3, -0.25) is 0 Å². The summed E-state index contributed by atoms with van der Waals surface area (Å²) < 4.78 is 3.18. The fourth-order valence-electron chi connectivity index (χ4n) is 2.72. The maximum atomic E-state index is 4.66. The van der Waals surface area contributed by atoms with Crippen LogP contribution in [-0.2, 0) is 6.42 Å². The van der Waals surface area contributed by atoms with E-state index in [-0.39, 0.29) is 0 Å². The Hall–Kier alpha value is -0.870. The maximum Gasteiger partial charge on any atom is 0.137 e. The minimum absolute atomic E-state index is 0.746. The average molecular weight is 308 g/mol. The second kappa shape index (κ2) is 5.02. The number of fused-ring (bicyclic) bond motifs is 1. The van der Waals surface area contributed by atoms with Crippen molar-refractivity contribution in [1.82, 2.24) is 14.3 Å². The Morgan fingerprint density at radius 3 is 3.06 bits per heavy atom. The van der Waals surface area contributed by atoms with E-state index in [4.69, 9.17) is 0 Å². The van der Waals surface area contributed by atoms with Crippen LogP contribution in [0.5, 0.6) is 0 Å². The summed E-state index contributed by atoms with van der Waals surface area (Å²) in [6.07, 6.45) is 7.94. The summed E-state index contributed by atoms with van der Waals surface area (Å²) in [4.78, 5) is 7.22. The van der Waals surface area contributed by atoms with Gasteiger partial charge in [0, 0.05) is 35.9 Å². The van der Waals surface area contributed by atoms with Crippen LogP contribution in [0.2, 0.25) is 0 Å². The van der Waals surface area contributed by atoms with Crippen molar-refractivity contribution in [3.05, 3.63) is 34.7 Å². The number of pyridine rings is 1. The van der Waals surface area contributed by atoms with E-state index >= 15 is 0 Å². The summed E-state index contributed by atoms with van der Waals surface area (Å²) in [5.41, 5.74) is 2.22. The van der Waals surface area contributed by atoms with Gasteiger partial charge < -0.3 is 9.30 Å². The van der Waals surface area contributed by atoms with Crippen LogP contribution in [0.25, 0.3) is 5.65 Å². The Labute approximate surface area is 116 Å². The van der Waals surface area contributed by atoms with Gasteiger partial charge in [-0.1, -0.05) is 0 Å². The zero-order valence-electron chi connectivity index (χ0n) is 10.6. The van der Waals surface area contributed by atoms with E-state index in [0.717, 1.165) is 29.1 Å². The van der Waals surface area contributed by atoms with E-state index in [2.05, 4.69) is 49.5 Å². The van der Waals surface area contributed by atoms with Crippen LogP contribution in [0.4, 0.5) is 0 Å². The first-order valence-corrected chi connectivity index (χ1v) is 7.39. The van der Waals surface area contributed by atoms with Crippen molar-refractivity contribution in [2.75, 3.05) is 13.1 Å². The predicted octanol–water partition coefficient (Wildman–Crippen LogP) is 3.12. The van der Waals surface area contributed by atoms with Crippen LogP contribution in [0.1, 0.15) is 25.5 Å². The van der Waals surface area contributed by atoms with Crippen molar-refractivity contribution in [2.24, 2.45) is 0 Å². The molecule has 1 aliphatic rings. The van der Waals surface area contributed by atoms with Crippen LogP contribution in [0.3, 0.4) is 0 Å². The van der Waals surface area contributed by atoms with Gasteiger partial charge in [0.15, 0.2) is 0 Å². The van der Waals surface area contributed by atoms with Crippen LogP contribution < -0.4 is 0 Å². The second-order valence-corrected chi connectivity index (χ2v) is 6.04. The number of nitrogens with zero attached hydrogens (tertiary/aromatic N) is 3. The van der Waals surface area contributed by atoms with E-state index in [1.165, 1.54) is 25.1 Å². The van der Waals surface area contributed by atoms with Gasteiger partial charge >= 0.3 is 0 Å². The number of hydrogen-bond donors (Lipinski definition) is 0. The third-order valence-corrected chi connectivity index (χ3v) is 4.28. The van der Waals surface area contributed by atoms with Crippen molar-refractivity contribution in [3.8, 4) is 0 Å². The standard InChI is InChI=1S/C14H18BrN3/c1-11-3-2-7-17(11)8-6-13-10-18-9-12(15)4-5-14(18)16-13/h4-5,9-11H,2-3,6-8H2,1H3. The fourth-order valence-corrected chi connectivity index (χ4v) is 3.07. The molecular formula is C14H18BrN3. The van der Waals surface area contributed by atoms with Crippen LogP contribution in [-0.4, -0.2) is 33.4 Å². The van der Waals surface area contributed by atoms with Crippen molar-refractivity contribution in [1.29, 1.82) is 0 Å². The molecule has 0 radical (unpaired) electrons. The first-order chi connectivity index (χ1) is 8.72. The summed E-state index contributed by atoms with van der Waals surface area (Å²) in [6, 6.07) is 4.83. The van der Waals surface area contributed by atoms with Crippen molar-refractivity contribution in [2.45, 2.75) is 32.2 Å². The molecule has 2 aromatic heterocycles. The molecule has 1 atom stereocenters. The summed E-state index contributed by atoms with van der Waals surface area (Å²) in [5, 5.41) is 0. The third-order valence-electron chi connectivity index (χ3n) is 3.81. The summed E-state index contributed by atoms with van der Waals surface area (Å²) in [5.74, 6) is 0. The van der Waals surface area contributed by atoms with Crippen molar-refractivity contribution >= 4 is 21.6 Å². The smallest absolute Gasteiger partial charge is 0.137 e. The highest BCUT2D eigenvalue weighted by molar-refractivity contribution is 9.10. The molecule has 0 N–H and O–H groups in total. The molecule has 18 heavy (non-hydrogen) atoms. The number of rotatable bonds is 3. The monoisotopic (exact) mass is 307 g/mol. The Bertz CT molecular complexity index is 549. The molecule has 0 saturated carbocycles. The second-order valence-electron chi connectivity index (χ2n) is 5.12. The van der Waals surface area contributed by atoms with Crippen molar-refractivity contribution < 1.29 is 0 Å². The SMILES string of the molecule is CC1CCCN1CCc1cn2cc(Br)ccc2n1. The highest BCUT2D eigenvalue weighted by Crippen LogP contribution is 2.17. The Kier molecular flexibility index (Phi) is 3.39. The van der Waals surface area contributed by atoms with Gasteiger partial charge in [-0.2, -0.15) is 0 Å². The molecule has 0 bridgehead atoms. The number of hydrogen-bond acceptors (Lipinski definition) is 2.